The van der Waals surface area contributed by atoms with Crippen molar-refractivity contribution in [3.63, 3.8) is 0 Å². The molecule has 0 aliphatic carbocycles. The van der Waals surface area contributed by atoms with E-state index in [9.17, 15) is 23.3 Å². The van der Waals surface area contributed by atoms with Crippen molar-refractivity contribution < 1.29 is 27.6 Å². The Morgan fingerprint density at radius 3 is 2.63 bits per heavy atom. The maximum absolute atomic E-state index is 12.4. The van der Waals surface area contributed by atoms with Crippen LogP contribution in [0.1, 0.15) is 5.56 Å². The van der Waals surface area contributed by atoms with Gasteiger partial charge in [0.25, 0.3) is 5.69 Å². The van der Waals surface area contributed by atoms with Gasteiger partial charge in [-0.25, -0.2) is 8.42 Å². The molecule has 3 rings (SSSR count). The number of anilines is 1. The molecule has 30 heavy (non-hydrogen) atoms. The lowest BCUT2D eigenvalue weighted by Crippen LogP contribution is -2.45. The zero-order valence-corrected chi connectivity index (χ0v) is 17.2. The number of benzene rings is 2. The number of hydrogen-bond acceptors (Lipinski definition) is 7. The first-order valence-electron chi connectivity index (χ1n) is 9.03. The quantitative estimate of drug-likeness (QED) is 0.517. The number of carbonyl (C=O) groups excluding carboxylic acids is 1. The van der Waals surface area contributed by atoms with Crippen LogP contribution in [-0.2, 0) is 14.8 Å². The number of hydrogen-bond donors (Lipinski definition) is 1. The van der Waals surface area contributed by atoms with Gasteiger partial charge in [-0.1, -0.05) is 18.2 Å². The van der Waals surface area contributed by atoms with Crippen LogP contribution in [0.25, 0.3) is 0 Å². The van der Waals surface area contributed by atoms with E-state index in [4.69, 9.17) is 9.47 Å². The molecule has 0 spiro atoms. The molecule has 1 amide bonds. The monoisotopic (exact) mass is 435 g/mol. The minimum atomic E-state index is -3.87. The number of carbonyl (C=O) groups is 1. The average Bonchev–Trinajstić information content (AvgIpc) is 2.70. The third-order valence-electron chi connectivity index (χ3n) is 4.45. The number of nitro groups is 1. The molecule has 0 fully saturated rings. The number of ether oxygens (including phenoxy) is 2. The molecule has 1 aliphatic rings. The zero-order chi connectivity index (χ0) is 21.9. The van der Waals surface area contributed by atoms with Gasteiger partial charge in [-0.3, -0.25) is 19.2 Å². The Labute approximate surface area is 173 Å². The summed E-state index contributed by atoms with van der Waals surface area (Å²) < 4.78 is 36.7. The Kier molecular flexibility index (Phi) is 6.11. The molecule has 2 aromatic rings. The molecule has 1 atom stereocenters. The normalized spacial score (nSPS) is 15.3. The zero-order valence-electron chi connectivity index (χ0n) is 16.4. The van der Waals surface area contributed by atoms with Crippen LogP contribution in [0.3, 0.4) is 0 Å². The molecule has 2 aromatic carbocycles. The molecule has 1 aliphatic heterocycles. The lowest BCUT2D eigenvalue weighted by atomic mass is 10.2. The second kappa shape index (κ2) is 8.57. The Morgan fingerprint density at radius 2 is 1.97 bits per heavy atom. The number of rotatable bonds is 7. The Balaban J connectivity index is 1.69. The van der Waals surface area contributed by atoms with Gasteiger partial charge in [-0.15, -0.1) is 0 Å². The van der Waals surface area contributed by atoms with Crippen LogP contribution in [0.5, 0.6) is 11.5 Å². The number of amides is 1. The van der Waals surface area contributed by atoms with Gasteiger partial charge >= 0.3 is 0 Å². The lowest BCUT2D eigenvalue weighted by Gasteiger charge is -2.27. The number of nitro benzene ring substituents is 1. The Bertz CT molecular complexity index is 1070. The smallest absolute Gasteiger partial charge is 0.271 e. The van der Waals surface area contributed by atoms with Crippen molar-refractivity contribution in [1.82, 2.24) is 5.32 Å². The summed E-state index contributed by atoms with van der Waals surface area (Å²) in [5.74, 6) is 0.603. The molecule has 11 heteroatoms. The molecule has 0 radical (unpaired) electrons. The Morgan fingerprint density at radius 1 is 1.27 bits per heavy atom. The van der Waals surface area contributed by atoms with Crippen molar-refractivity contribution in [1.29, 1.82) is 0 Å². The van der Waals surface area contributed by atoms with Crippen molar-refractivity contribution in [2.24, 2.45) is 0 Å². The predicted molar refractivity (Wildman–Crippen MR) is 109 cm³/mol. The van der Waals surface area contributed by atoms with Crippen molar-refractivity contribution in [2.75, 3.05) is 30.3 Å². The van der Waals surface area contributed by atoms with Crippen LogP contribution in [0.15, 0.2) is 42.5 Å². The van der Waals surface area contributed by atoms with Gasteiger partial charge in [0.2, 0.25) is 15.9 Å². The van der Waals surface area contributed by atoms with E-state index in [0.29, 0.717) is 17.1 Å². The second-order valence-corrected chi connectivity index (χ2v) is 8.71. The summed E-state index contributed by atoms with van der Waals surface area (Å²) in [6.07, 6.45) is 0.503. The Hall–Kier alpha value is -3.34. The minimum absolute atomic E-state index is 0.0769. The fourth-order valence-electron chi connectivity index (χ4n) is 2.94. The van der Waals surface area contributed by atoms with Crippen molar-refractivity contribution in [2.45, 2.75) is 13.0 Å². The molecule has 0 unspecified atom stereocenters. The molecule has 1 N–H and O–H groups in total. The predicted octanol–water partition coefficient (Wildman–Crippen LogP) is 1.63. The summed E-state index contributed by atoms with van der Waals surface area (Å²) >= 11 is 0. The van der Waals surface area contributed by atoms with Crippen LogP contribution in [0, 0.1) is 17.0 Å². The largest absolute Gasteiger partial charge is 0.486 e. The molecule has 1 heterocycles. The summed E-state index contributed by atoms with van der Waals surface area (Å²) in [5.41, 5.74) is 0.295. The van der Waals surface area contributed by atoms with Gasteiger partial charge in [0.15, 0.2) is 11.5 Å². The molecule has 0 bridgehead atoms. The molecular formula is C19H21N3O7S. The fraction of sp³-hybridized carbons (Fsp3) is 0.316. The third kappa shape index (κ3) is 4.98. The topological polar surface area (TPSA) is 128 Å². The van der Waals surface area contributed by atoms with Crippen molar-refractivity contribution in [3.05, 3.63) is 58.1 Å². The van der Waals surface area contributed by atoms with Crippen LogP contribution in [-0.4, -0.2) is 51.3 Å². The van der Waals surface area contributed by atoms with E-state index in [1.54, 1.807) is 25.1 Å². The molecule has 10 nitrogen and oxygen atoms in total. The summed E-state index contributed by atoms with van der Waals surface area (Å²) in [4.78, 5) is 22.9. The number of fused-ring (bicyclic) bond motifs is 1. The maximum Gasteiger partial charge on any atom is 0.271 e. The van der Waals surface area contributed by atoms with Gasteiger partial charge in [0.05, 0.1) is 23.4 Å². The van der Waals surface area contributed by atoms with Gasteiger partial charge in [-0.05, 0) is 24.6 Å². The molecule has 0 saturated carbocycles. The number of para-hydroxylation sites is 2. The molecular weight excluding hydrogens is 414 g/mol. The first kappa shape index (κ1) is 21.4. The van der Waals surface area contributed by atoms with Gasteiger partial charge < -0.3 is 14.8 Å². The number of nitrogens with zero attached hydrogens (tertiary/aromatic N) is 2. The molecule has 0 aromatic heterocycles. The SMILES string of the molecule is Cc1ccc([N+](=O)[O-])cc1N(CC(=O)NC[C@H]1COc2ccccc2O1)S(C)(=O)=O. The average molecular weight is 435 g/mol. The first-order valence-corrected chi connectivity index (χ1v) is 10.9. The highest BCUT2D eigenvalue weighted by atomic mass is 32.2. The lowest BCUT2D eigenvalue weighted by molar-refractivity contribution is -0.384. The van der Waals surface area contributed by atoms with Gasteiger partial charge in [0.1, 0.15) is 19.3 Å². The van der Waals surface area contributed by atoms with E-state index in [2.05, 4.69) is 5.32 Å². The van der Waals surface area contributed by atoms with Crippen LogP contribution < -0.4 is 19.1 Å². The van der Waals surface area contributed by atoms with Crippen LogP contribution >= 0.6 is 0 Å². The van der Waals surface area contributed by atoms with Gasteiger partial charge in [0, 0.05) is 12.1 Å². The second-order valence-electron chi connectivity index (χ2n) is 6.80. The first-order chi connectivity index (χ1) is 14.1. The summed E-state index contributed by atoms with van der Waals surface area (Å²) in [5, 5.41) is 13.7. The maximum atomic E-state index is 12.4. The van der Waals surface area contributed by atoms with E-state index in [1.165, 1.54) is 12.1 Å². The van der Waals surface area contributed by atoms with E-state index < -0.39 is 33.5 Å². The third-order valence-corrected chi connectivity index (χ3v) is 5.58. The fourth-order valence-corrected chi connectivity index (χ4v) is 3.84. The van der Waals surface area contributed by atoms with Crippen molar-refractivity contribution in [3.8, 4) is 11.5 Å². The van der Waals surface area contributed by atoms with Crippen LogP contribution in [0.2, 0.25) is 0 Å². The van der Waals surface area contributed by atoms with E-state index in [-0.39, 0.29) is 24.5 Å². The number of aryl methyl sites for hydroxylation is 1. The van der Waals surface area contributed by atoms with Gasteiger partial charge in [-0.2, -0.15) is 0 Å². The summed E-state index contributed by atoms with van der Waals surface area (Å²) in [6, 6.07) is 11.0. The minimum Gasteiger partial charge on any atom is -0.486 e. The highest BCUT2D eigenvalue weighted by molar-refractivity contribution is 7.92. The summed E-state index contributed by atoms with van der Waals surface area (Å²) in [6.45, 7) is 1.43. The summed E-state index contributed by atoms with van der Waals surface area (Å²) in [7, 11) is -3.87. The van der Waals surface area contributed by atoms with E-state index >= 15 is 0 Å². The van der Waals surface area contributed by atoms with Crippen LogP contribution in [0.4, 0.5) is 11.4 Å². The number of sulfonamides is 1. The molecule has 0 saturated heterocycles. The molecule has 160 valence electrons. The number of non-ortho nitro benzene ring substituents is 1. The van der Waals surface area contributed by atoms with E-state index in [1.807, 2.05) is 6.07 Å². The van der Waals surface area contributed by atoms with E-state index in [0.717, 1.165) is 16.6 Å². The standard InChI is InChI=1S/C19H21N3O7S/c1-13-7-8-14(22(24)25)9-16(13)21(30(2,26)27)11-19(23)20-10-15-12-28-17-5-3-4-6-18(17)29-15/h3-9,15H,10-12H2,1-2H3,(H,20,23)/t15-/m0/s1. The highest BCUT2D eigenvalue weighted by Crippen LogP contribution is 2.31. The highest BCUT2D eigenvalue weighted by Gasteiger charge is 2.26. The van der Waals surface area contributed by atoms with Crippen molar-refractivity contribution >= 4 is 27.3 Å². The number of nitrogens with one attached hydrogen (secondary N) is 1.